The first-order valence-electron chi connectivity index (χ1n) is 23.1. The van der Waals surface area contributed by atoms with Gasteiger partial charge in [-0.15, -0.1) is 0 Å². The quantitative estimate of drug-likeness (QED) is 0.0358. The van der Waals surface area contributed by atoms with Crippen LogP contribution in [0, 0.1) is 11.8 Å². The Morgan fingerprint density at radius 3 is 1.65 bits per heavy atom. The van der Waals surface area contributed by atoms with E-state index in [2.05, 4.69) is 37.2 Å². The van der Waals surface area contributed by atoms with Gasteiger partial charge in [-0.2, -0.15) is 0 Å². The van der Waals surface area contributed by atoms with E-state index in [9.17, 15) is 67.7 Å². The summed E-state index contributed by atoms with van der Waals surface area (Å²) >= 11 is 0. The summed E-state index contributed by atoms with van der Waals surface area (Å²) in [6, 6.07) is -4.87. The number of likely N-dealkylation sites (tertiary alicyclic amines) is 1. The molecule has 1 aliphatic rings. The minimum Gasteiger partial charge on any atom is -0.480 e. The van der Waals surface area contributed by atoms with Crippen molar-refractivity contribution in [3.05, 3.63) is 35.9 Å². The zero-order valence-corrected chi connectivity index (χ0v) is 40.7. The molecular weight excluding hydrogens is 933 g/mol. The molecule has 1 saturated heterocycles. The second kappa shape index (κ2) is 28.4. The summed E-state index contributed by atoms with van der Waals surface area (Å²) in [5, 5.41) is 37.1. The van der Waals surface area contributed by atoms with Gasteiger partial charge in [-0.05, 0) is 56.9 Å². The summed E-state index contributed by atoms with van der Waals surface area (Å²) in [6.07, 6.45) is -3.98. The van der Waals surface area contributed by atoms with Crippen LogP contribution in [0.1, 0.15) is 92.1 Å². The standard InChI is InChI=1S/C45H70N12O14/c1-21(2)17-27(51-37(62)23(5)46)39(64)53-29(20-34(49)61)44(69)57-16-10-13-31(57)41(66)50-26(14-15-32(47)59)38(63)52-28(19-33(48)60)40(65)56-36(24(6)58)43(68)55-35(22(3)4)42(67)54-30(45(70)71)18-25-11-8-7-9-12-25/h7-9,11-12,21-24,26-31,35-36,58H,10,13-20,46H2,1-6H3,(H2,47,59)(H2,48,60)(H2,49,61)(H,50,66)(H,51,62)(H,52,63)(H,53,64)(H,54,67)(H,55,68)(H,56,65)(H,70,71)/t23-,24+,26-,27-,28-,29-,30-,31-,35-,36-/m0/s1. The predicted molar refractivity (Wildman–Crippen MR) is 252 cm³/mol. The summed E-state index contributed by atoms with van der Waals surface area (Å²) in [5.41, 5.74) is 22.5. The monoisotopic (exact) mass is 1000 g/mol. The Kier molecular flexibility index (Phi) is 24.0. The molecular formula is C45H70N12O14. The van der Waals surface area contributed by atoms with Crippen LogP contribution in [0.4, 0.5) is 0 Å². The van der Waals surface area contributed by atoms with E-state index in [0.717, 1.165) is 11.8 Å². The molecule has 17 N–H and O–H groups in total. The number of nitrogens with one attached hydrogen (secondary N) is 7. The van der Waals surface area contributed by atoms with Gasteiger partial charge < -0.3 is 75.3 Å². The lowest BCUT2D eigenvalue weighted by molar-refractivity contribution is -0.143. The molecule has 0 aromatic heterocycles. The van der Waals surface area contributed by atoms with Crippen molar-refractivity contribution in [2.75, 3.05) is 6.54 Å². The van der Waals surface area contributed by atoms with Gasteiger partial charge in [0.25, 0.3) is 0 Å². The van der Waals surface area contributed by atoms with Crippen molar-refractivity contribution in [1.82, 2.24) is 42.1 Å². The first-order valence-corrected chi connectivity index (χ1v) is 23.1. The van der Waals surface area contributed by atoms with E-state index in [1.54, 1.807) is 58.0 Å². The highest BCUT2D eigenvalue weighted by atomic mass is 16.4. The Hall–Kier alpha value is -7.22. The van der Waals surface area contributed by atoms with Gasteiger partial charge in [-0.25, -0.2) is 4.79 Å². The molecule has 26 nitrogen and oxygen atoms in total. The Morgan fingerprint density at radius 1 is 0.620 bits per heavy atom. The van der Waals surface area contributed by atoms with Crippen LogP contribution in [0.2, 0.25) is 0 Å². The van der Waals surface area contributed by atoms with Crippen molar-refractivity contribution in [2.24, 2.45) is 34.8 Å². The second-order valence-corrected chi connectivity index (χ2v) is 18.2. The molecule has 2 rings (SSSR count). The molecule has 26 heteroatoms. The average Bonchev–Trinajstić information content (AvgIpc) is 3.77. The number of carboxylic acid groups (broad SMARTS) is 1. The minimum absolute atomic E-state index is 0.0159. The molecule has 1 heterocycles. The lowest BCUT2D eigenvalue weighted by atomic mass is 10.00. The lowest BCUT2D eigenvalue weighted by Gasteiger charge is -2.31. The van der Waals surface area contributed by atoms with E-state index in [0.29, 0.717) is 5.56 Å². The number of aliphatic hydroxyl groups is 1. The Morgan fingerprint density at radius 2 is 1.13 bits per heavy atom. The molecule has 10 atom stereocenters. The van der Waals surface area contributed by atoms with Gasteiger partial charge in [0.1, 0.15) is 48.3 Å². The van der Waals surface area contributed by atoms with Crippen LogP contribution >= 0.6 is 0 Å². The SMILES string of the molecule is CC(C)C[C@H](NC(=O)[C@H](C)N)C(=O)N[C@@H](CC(N)=O)C(=O)N1CCC[C@H]1C(=O)N[C@@H](CCC(N)=O)C(=O)N[C@@H](CC(N)=O)C(=O)N[C@H](C(=O)N[C@H](C(=O)N[C@@H](Cc1ccccc1)C(=O)O)C(C)C)[C@@H](C)O. The number of rotatable bonds is 29. The molecule has 0 spiro atoms. The highest BCUT2D eigenvalue weighted by molar-refractivity contribution is 6.00. The third-order valence-electron chi connectivity index (χ3n) is 11.2. The van der Waals surface area contributed by atoms with E-state index in [-0.39, 0.29) is 38.1 Å². The molecule has 11 amide bonds. The van der Waals surface area contributed by atoms with Crippen molar-refractivity contribution in [2.45, 2.75) is 153 Å². The molecule has 394 valence electrons. The first kappa shape index (κ1) is 59.9. The molecule has 71 heavy (non-hydrogen) atoms. The molecule has 1 aromatic rings. The first-order chi connectivity index (χ1) is 33.1. The van der Waals surface area contributed by atoms with Crippen molar-refractivity contribution < 1.29 is 67.7 Å². The van der Waals surface area contributed by atoms with E-state index < -0.39 is 163 Å². The Balaban J connectivity index is 2.33. The maximum Gasteiger partial charge on any atom is 0.326 e. The van der Waals surface area contributed by atoms with Gasteiger partial charge in [0.2, 0.25) is 65.0 Å². The van der Waals surface area contributed by atoms with Gasteiger partial charge in [0.05, 0.1) is 25.0 Å². The van der Waals surface area contributed by atoms with E-state index in [1.165, 1.54) is 6.92 Å². The zero-order chi connectivity index (χ0) is 53.9. The van der Waals surface area contributed by atoms with Gasteiger partial charge in [-0.3, -0.25) is 52.7 Å². The van der Waals surface area contributed by atoms with Crippen LogP contribution in [-0.4, -0.2) is 153 Å². The number of hydrogen-bond acceptors (Lipinski definition) is 14. The summed E-state index contributed by atoms with van der Waals surface area (Å²) in [4.78, 5) is 158. The van der Waals surface area contributed by atoms with Crippen LogP contribution in [0.15, 0.2) is 30.3 Å². The number of aliphatic carboxylic acids is 1. The van der Waals surface area contributed by atoms with Crippen molar-refractivity contribution in [3.8, 4) is 0 Å². The normalized spacial score (nSPS) is 17.1. The molecule has 0 saturated carbocycles. The zero-order valence-electron chi connectivity index (χ0n) is 40.7. The van der Waals surface area contributed by atoms with Gasteiger partial charge >= 0.3 is 5.97 Å². The maximum absolute atomic E-state index is 14.0. The van der Waals surface area contributed by atoms with Crippen molar-refractivity contribution in [3.63, 3.8) is 0 Å². The number of amides is 11. The second-order valence-electron chi connectivity index (χ2n) is 18.2. The third-order valence-corrected chi connectivity index (χ3v) is 11.2. The Labute approximate surface area is 410 Å². The number of carbonyl (C=O) groups is 12. The predicted octanol–water partition coefficient (Wildman–Crippen LogP) is -4.86. The highest BCUT2D eigenvalue weighted by Gasteiger charge is 2.41. The van der Waals surface area contributed by atoms with Crippen LogP contribution in [0.3, 0.4) is 0 Å². The summed E-state index contributed by atoms with van der Waals surface area (Å²) in [7, 11) is 0. The fourth-order valence-corrected chi connectivity index (χ4v) is 7.44. The van der Waals surface area contributed by atoms with Crippen LogP contribution in [-0.2, 0) is 64.0 Å². The summed E-state index contributed by atoms with van der Waals surface area (Å²) < 4.78 is 0. The number of nitrogens with zero attached hydrogens (tertiary/aromatic N) is 1. The smallest absolute Gasteiger partial charge is 0.326 e. The van der Waals surface area contributed by atoms with E-state index >= 15 is 0 Å². The van der Waals surface area contributed by atoms with Crippen molar-refractivity contribution >= 4 is 70.9 Å². The van der Waals surface area contributed by atoms with Crippen LogP contribution < -0.4 is 60.2 Å². The number of carbonyl (C=O) groups excluding carboxylic acids is 11. The van der Waals surface area contributed by atoms with E-state index in [4.69, 9.17) is 22.9 Å². The summed E-state index contributed by atoms with van der Waals surface area (Å²) in [6.45, 7) is 9.09. The number of hydrogen-bond donors (Lipinski definition) is 13. The van der Waals surface area contributed by atoms with Gasteiger partial charge in [0, 0.05) is 19.4 Å². The minimum atomic E-state index is -1.89. The number of aliphatic hydroxyl groups excluding tert-OH is 1. The fourth-order valence-electron chi connectivity index (χ4n) is 7.44. The topological polar surface area (TPSA) is 437 Å². The van der Waals surface area contributed by atoms with Crippen LogP contribution in [0.5, 0.6) is 0 Å². The summed E-state index contributed by atoms with van der Waals surface area (Å²) in [5.74, 6) is -13.0. The highest BCUT2D eigenvalue weighted by Crippen LogP contribution is 2.21. The largest absolute Gasteiger partial charge is 0.480 e. The number of nitrogens with two attached hydrogens (primary N) is 4. The van der Waals surface area contributed by atoms with Crippen LogP contribution in [0.25, 0.3) is 0 Å². The van der Waals surface area contributed by atoms with Crippen molar-refractivity contribution in [1.29, 1.82) is 0 Å². The maximum atomic E-state index is 14.0. The van der Waals surface area contributed by atoms with Gasteiger partial charge in [-0.1, -0.05) is 58.0 Å². The number of carboxylic acids is 1. The third kappa shape index (κ3) is 20.0. The molecule has 1 aliphatic heterocycles. The molecule has 0 unspecified atom stereocenters. The molecule has 0 aliphatic carbocycles. The lowest BCUT2D eigenvalue weighted by Crippen LogP contribution is -2.62. The molecule has 1 aromatic carbocycles. The molecule has 0 bridgehead atoms. The van der Waals surface area contributed by atoms with Gasteiger partial charge in [0.15, 0.2) is 0 Å². The molecule has 0 radical (unpaired) electrons. The number of primary amides is 3. The van der Waals surface area contributed by atoms with E-state index in [1.807, 2.05) is 0 Å². The average molecular weight is 1000 g/mol. The Bertz CT molecular complexity index is 2100. The molecule has 1 fully saturated rings. The fraction of sp³-hybridized carbons (Fsp3) is 0.600. The number of benzene rings is 1.